The first kappa shape index (κ1) is 6.53. The average Bonchev–Trinajstić information content (AvgIpc) is 2.15. The molecule has 0 bridgehead atoms. The van der Waals surface area contributed by atoms with Gasteiger partial charge in [-0.25, -0.2) is 0 Å². The van der Waals surface area contributed by atoms with Crippen LogP contribution in [-0.4, -0.2) is 4.57 Å². The second kappa shape index (κ2) is 2.34. The molecule has 0 radical (unpaired) electrons. The third kappa shape index (κ3) is 1.04. The van der Waals surface area contributed by atoms with E-state index in [1.54, 1.807) is 0 Å². The highest BCUT2D eigenvalue weighted by Gasteiger charge is 1.92. The lowest BCUT2D eigenvalue weighted by molar-refractivity contribution is 0.904. The van der Waals surface area contributed by atoms with E-state index in [1.807, 2.05) is 17.0 Å². The van der Waals surface area contributed by atoms with Crippen molar-refractivity contribution in [3.8, 4) is 12.3 Å². The summed E-state index contributed by atoms with van der Waals surface area (Å²) in [6.07, 6.45) is 5.15. The topological polar surface area (TPSA) is 4.93 Å². The highest BCUT2D eigenvalue weighted by molar-refractivity contribution is 7.73. The highest BCUT2D eigenvalue weighted by atomic mass is 32.1. The van der Waals surface area contributed by atoms with E-state index >= 15 is 0 Å². The molecule has 0 amide bonds. The largest absolute Gasteiger partial charge is 0.320 e. The van der Waals surface area contributed by atoms with Crippen LogP contribution in [0.25, 0.3) is 0 Å². The lowest BCUT2D eigenvalue weighted by Crippen LogP contribution is -1.88. The zero-order valence-corrected chi connectivity index (χ0v) is 6.55. The fourth-order valence-corrected chi connectivity index (χ4v) is 1.43. The predicted octanol–water partition coefficient (Wildman–Crippen LogP) is 1.80. The summed E-state index contributed by atoms with van der Waals surface area (Å²) >= 11 is 6.42. The molecule has 9 heavy (non-hydrogen) atoms. The van der Waals surface area contributed by atoms with Crippen LogP contribution in [0, 0.1) is 16.3 Å². The molecule has 0 aliphatic rings. The number of aromatic nitrogens is 1. The van der Waals surface area contributed by atoms with Gasteiger partial charge in [0.2, 0.25) is 0 Å². The molecule has 0 N–H and O–H groups in total. The summed E-state index contributed by atoms with van der Waals surface area (Å²) in [5.41, 5.74) is 0.852. The molecule has 0 saturated carbocycles. The third-order valence-electron chi connectivity index (χ3n) is 1.05. The van der Waals surface area contributed by atoms with Crippen LogP contribution in [0.4, 0.5) is 0 Å². The van der Waals surface area contributed by atoms with Crippen LogP contribution in [0.5, 0.6) is 0 Å². The molecule has 1 nitrogen and oxygen atoms in total. The number of hydrogen-bond donors (Lipinski definition) is 0. The van der Waals surface area contributed by atoms with Crippen LogP contribution in [0.15, 0.2) is 5.38 Å². The molecule has 1 rings (SSSR count). The second-order valence-corrected chi connectivity index (χ2v) is 3.09. The molecule has 0 spiro atoms. The third-order valence-corrected chi connectivity index (χ3v) is 2.43. The number of thiazole rings is 1. The standard InChI is InChI=1S/C6H5NS2/c1-3-5-4-9-6(8)7(5)2/h1,4H,2H3. The quantitative estimate of drug-likeness (QED) is 0.408. The summed E-state index contributed by atoms with van der Waals surface area (Å²) < 4.78 is 2.64. The van der Waals surface area contributed by atoms with E-state index in [4.69, 9.17) is 18.6 Å². The van der Waals surface area contributed by atoms with Gasteiger partial charge in [0.25, 0.3) is 0 Å². The first-order valence-corrected chi connectivity index (χ1v) is 3.65. The molecule has 0 aromatic carbocycles. The maximum absolute atomic E-state index is 5.15. The van der Waals surface area contributed by atoms with Gasteiger partial charge in [-0.1, -0.05) is 5.92 Å². The number of rotatable bonds is 0. The molecule has 1 aromatic rings. The minimum absolute atomic E-state index is 0.822. The van der Waals surface area contributed by atoms with E-state index in [1.165, 1.54) is 11.3 Å². The van der Waals surface area contributed by atoms with Gasteiger partial charge in [-0.2, -0.15) is 0 Å². The Labute approximate surface area is 63.0 Å². The van der Waals surface area contributed by atoms with E-state index in [9.17, 15) is 0 Å². The van der Waals surface area contributed by atoms with Crippen LogP contribution in [-0.2, 0) is 7.05 Å². The lowest BCUT2D eigenvalue weighted by Gasteiger charge is -1.88. The van der Waals surface area contributed by atoms with Crippen molar-refractivity contribution in [2.24, 2.45) is 7.05 Å². The molecule has 1 aromatic heterocycles. The SMILES string of the molecule is C#Cc1csc(=S)n1C. The van der Waals surface area contributed by atoms with Crippen LogP contribution in [0.3, 0.4) is 0 Å². The van der Waals surface area contributed by atoms with E-state index in [0.29, 0.717) is 0 Å². The normalized spacial score (nSPS) is 8.89. The van der Waals surface area contributed by atoms with Gasteiger partial charge in [0, 0.05) is 12.4 Å². The summed E-state index contributed by atoms with van der Waals surface area (Å²) in [7, 11) is 1.87. The second-order valence-electron chi connectivity index (χ2n) is 1.59. The van der Waals surface area contributed by atoms with Crippen LogP contribution >= 0.6 is 23.6 Å². The molecular formula is C6H5NS2. The minimum atomic E-state index is 0.822. The van der Waals surface area contributed by atoms with Crippen molar-refractivity contribution in [1.82, 2.24) is 4.57 Å². The Hall–Kier alpha value is -0.590. The van der Waals surface area contributed by atoms with Crippen molar-refractivity contribution in [2.45, 2.75) is 0 Å². The van der Waals surface area contributed by atoms with Crippen molar-refractivity contribution in [3.05, 3.63) is 15.0 Å². The van der Waals surface area contributed by atoms with Gasteiger partial charge in [0.1, 0.15) is 5.69 Å². The molecule has 0 aliphatic heterocycles. The van der Waals surface area contributed by atoms with Crippen LogP contribution < -0.4 is 0 Å². The summed E-state index contributed by atoms with van der Waals surface area (Å²) in [4.78, 5) is 0. The molecular weight excluding hydrogens is 150 g/mol. The maximum Gasteiger partial charge on any atom is 0.161 e. The summed E-state index contributed by atoms with van der Waals surface area (Å²) in [5, 5.41) is 1.88. The first-order valence-electron chi connectivity index (χ1n) is 2.37. The fourth-order valence-electron chi connectivity index (χ4n) is 0.494. The van der Waals surface area contributed by atoms with Crippen molar-refractivity contribution in [2.75, 3.05) is 0 Å². The Morgan fingerprint density at radius 3 is 2.78 bits per heavy atom. The Kier molecular flexibility index (Phi) is 1.70. The van der Waals surface area contributed by atoms with Gasteiger partial charge >= 0.3 is 0 Å². The molecule has 0 aliphatic carbocycles. The monoisotopic (exact) mass is 155 g/mol. The van der Waals surface area contributed by atoms with E-state index in [2.05, 4.69) is 5.92 Å². The molecule has 46 valence electrons. The van der Waals surface area contributed by atoms with Crippen LogP contribution in [0.2, 0.25) is 0 Å². The number of nitrogens with zero attached hydrogens (tertiary/aromatic N) is 1. The van der Waals surface area contributed by atoms with Gasteiger partial charge in [-0.3, -0.25) is 0 Å². The number of hydrogen-bond acceptors (Lipinski definition) is 2. The van der Waals surface area contributed by atoms with Crippen molar-refractivity contribution >= 4 is 23.6 Å². The summed E-state index contributed by atoms with van der Waals surface area (Å²) in [6, 6.07) is 0. The fraction of sp³-hybridized carbons (Fsp3) is 0.167. The zero-order valence-electron chi connectivity index (χ0n) is 4.92. The zero-order chi connectivity index (χ0) is 6.85. The lowest BCUT2D eigenvalue weighted by atomic mass is 10.5. The van der Waals surface area contributed by atoms with Crippen LogP contribution in [0.1, 0.15) is 5.69 Å². The molecule has 1 heterocycles. The summed E-state index contributed by atoms with van der Waals surface area (Å²) in [5.74, 6) is 2.52. The molecule has 3 heteroatoms. The first-order chi connectivity index (χ1) is 4.25. The van der Waals surface area contributed by atoms with Gasteiger partial charge in [0.05, 0.1) is 0 Å². The highest BCUT2D eigenvalue weighted by Crippen LogP contribution is 2.06. The molecule has 0 unspecified atom stereocenters. The molecule has 0 atom stereocenters. The molecule has 0 fully saturated rings. The average molecular weight is 155 g/mol. The maximum atomic E-state index is 5.15. The predicted molar refractivity (Wildman–Crippen MR) is 42.1 cm³/mol. The Balaban J connectivity index is 3.41. The minimum Gasteiger partial charge on any atom is -0.320 e. The van der Waals surface area contributed by atoms with E-state index < -0.39 is 0 Å². The Bertz CT molecular complexity index is 300. The van der Waals surface area contributed by atoms with Crippen molar-refractivity contribution in [3.63, 3.8) is 0 Å². The smallest absolute Gasteiger partial charge is 0.161 e. The van der Waals surface area contributed by atoms with Gasteiger partial charge in [-0.05, 0) is 12.2 Å². The van der Waals surface area contributed by atoms with Crippen molar-refractivity contribution < 1.29 is 0 Å². The van der Waals surface area contributed by atoms with Crippen molar-refractivity contribution in [1.29, 1.82) is 0 Å². The van der Waals surface area contributed by atoms with Gasteiger partial charge in [-0.15, -0.1) is 17.8 Å². The summed E-state index contributed by atoms with van der Waals surface area (Å²) in [6.45, 7) is 0. The van der Waals surface area contributed by atoms with Gasteiger partial charge in [0.15, 0.2) is 3.95 Å². The Morgan fingerprint density at radius 2 is 2.56 bits per heavy atom. The van der Waals surface area contributed by atoms with E-state index in [0.717, 1.165) is 9.65 Å². The molecule has 0 saturated heterocycles. The van der Waals surface area contributed by atoms with E-state index in [-0.39, 0.29) is 0 Å². The van der Waals surface area contributed by atoms with Gasteiger partial charge < -0.3 is 4.57 Å². The number of terminal acetylenes is 1. The Morgan fingerprint density at radius 1 is 1.89 bits per heavy atom.